The van der Waals surface area contributed by atoms with Crippen LogP contribution in [-0.4, -0.2) is 43.9 Å². The average molecular weight is 364 g/mol. The molecule has 2 N–H and O–H groups in total. The van der Waals surface area contributed by atoms with Crippen LogP contribution < -0.4 is 10.2 Å². The van der Waals surface area contributed by atoms with Crippen LogP contribution in [0.1, 0.15) is 19.8 Å². The van der Waals surface area contributed by atoms with Crippen molar-refractivity contribution in [3.05, 3.63) is 54.6 Å². The summed E-state index contributed by atoms with van der Waals surface area (Å²) in [7, 11) is 1.76. The lowest BCUT2D eigenvalue weighted by Crippen LogP contribution is -2.46. The van der Waals surface area contributed by atoms with Crippen LogP contribution in [0.3, 0.4) is 0 Å². The van der Waals surface area contributed by atoms with E-state index in [9.17, 15) is 0 Å². The molecular weight excluding hydrogens is 334 g/mol. The van der Waals surface area contributed by atoms with Gasteiger partial charge < -0.3 is 19.9 Å². The molecule has 0 unspecified atom stereocenters. The lowest BCUT2D eigenvalue weighted by molar-refractivity contribution is 0.163. The van der Waals surface area contributed by atoms with Crippen molar-refractivity contribution >= 4 is 16.6 Å². The molecule has 1 fully saturated rings. The van der Waals surface area contributed by atoms with Crippen molar-refractivity contribution in [2.45, 2.75) is 31.8 Å². The second-order valence-electron chi connectivity index (χ2n) is 7.60. The number of nitrogens with one attached hydrogen (secondary N) is 2. The van der Waals surface area contributed by atoms with Crippen LogP contribution in [0.4, 0.5) is 5.69 Å². The van der Waals surface area contributed by atoms with Gasteiger partial charge in [0, 0.05) is 54.6 Å². The van der Waals surface area contributed by atoms with Gasteiger partial charge in [0.05, 0.1) is 6.61 Å². The molecule has 2 heterocycles. The molecule has 0 aliphatic carbocycles. The highest BCUT2D eigenvalue weighted by Crippen LogP contribution is 2.27. The number of H-pyrrole nitrogens is 1. The fourth-order valence-corrected chi connectivity index (χ4v) is 4.09. The summed E-state index contributed by atoms with van der Waals surface area (Å²) in [5, 5.41) is 4.94. The van der Waals surface area contributed by atoms with E-state index in [1.807, 2.05) is 0 Å². The number of hydrogen-bond donors (Lipinski definition) is 2. The number of benzene rings is 2. The Kier molecular flexibility index (Phi) is 5.46. The maximum atomic E-state index is 5.23. The SMILES string of the molecule is COC[C@@H](C)NC1CCN(c2ccc(-c3cc4ccccc4[nH]3)cc2)CC1. The van der Waals surface area contributed by atoms with E-state index in [1.165, 1.54) is 40.7 Å². The summed E-state index contributed by atoms with van der Waals surface area (Å²) in [5.74, 6) is 0. The van der Waals surface area contributed by atoms with Crippen LogP contribution in [0.2, 0.25) is 0 Å². The largest absolute Gasteiger partial charge is 0.383 e. The van der Waals surface area contributed by atoms with Crippen LogP contribution in [0.5, 0.6) is 0 Å². The first-order chi connectivity index (χ1) is 13.2. The van der Waals surface area contributed by atoms with E-state index >= 15 is 0 Å². The van der Waals surface area contributed by atoms with Crippen LogP contribution in [0.25, 0.3) is 22.2 Å². The molecule has 1 saturated heterocycles. The summed E-state index contributed by atoms with van der Waals surface area (Å²) in [6, 6.07) is 20.6. The summed E-state index contributed by atoms with van der Waals surface area (Å²) in [6.07, 6.45) is 2.36. The minimum absolute atomic E-state index is 0.419. The number of aromatic amines is 1. The number of para-hydroxylation sites is 1. The molecular formula is C23H29N3O. The van der Waals surface area contributed by atoms with Crippen molar-refractivity contribution in [3.8, 4) is 11.3 Å². The first kappa shape index (κ1) is 18.1. The zero-order chi connectivity index (χ0) is 18.6. The van der Waals surface area contributed by atoms with Gasteiger partial charge in [-0.15, -0.1) is 0 Å². The summed E-state index contributed by atoms with van der Waals surface area (Å²) < 4.78 is 5.23. The number of nitrogens with zero attached hydrogens (tertiary/aromatic N) is 1. The van der Waals surface area contributed by atoms with E-state index in [-0.39, 0.29) is 0 Å². The quantitative estimate of drug-likeness (QED) is 0.681. The second kappa shape index (κ2) is 8.15. The maximum Gasteiger partial charge on any atom is 0.0613 e. The normalized spacial score (nSPS) is 16.7. The third-order valence-electron chi connectivity index (χ3n) is 5.51. The highest BCUT2D eigenvalue weighted by molar-refractivity contribution is 5.85. The van der Waals surface area contributed by atoms with Gasteiger partial charge in [-0.05, 0) is 49.6 Å². The Morgan fingerprint density at radius 2 is 1.85 bits per heavy atom. The van der Waals surface area contributed by atoms with Crippen LogP contribution in [-0.2, 0) is 4.74 Å². The molecule has 0 saturated carbocycles. The molecule has 4 heteroatoms. The fraction of sp³-hybridized carbons (Fsp3) is 0.391. The van der Waals surface area contributed by atoms with Crippen molar-refractivity contribution in [1.29, 1.82) is 0 Å². The molecule has 0 bridgehead atoms. The third-order valence-corrected chi connectivity index (χ3v) is 5.51. The molecule has 4 nitrogen and oxygen atoms in total. The van der Waals surface area contributed by atoms with Gasteiger partial charge >= 0.3 is 0 Å². The first-order valence-electron chi connectivity index (χ1n) is 9.91. The van der Waals surface area contributed by atoms with Crippen molar-refractivity contribution in [2.75, 3.05) is 31.7 Å². The van der Waals surface area contributed by atoms with Crippen LogP contribution >= 0.6 is 0 Å². The average Bonchev–Trinajstić information content (AvgIpc) is 3.13. The molecule has 1 aliphatic heterocycles. The van der Waals surface area contributed by atoms with Gasteiger partial charge in [-0.25, -0.2) is 0 Å². The van der Waals surface area contributed by atoms with Gasteiger partial charge in [-0.1, -0.05) is 30.3 Å². The lowest BCUT2D eigenvalue weighted by Gasteiger charge is -2.35. The van der Waals surface area contributed by atoms with Crippen molar-refractivity contribution < 1.29 is 4.74 Å². The molecule has 0 amide bonds. The van der Waals surface area contributed by atoms with Crippen molar-refractivity contribution in [2.24, 2.45) is 0 Å². The number of anilines is 1. The molecule has 1 atom stereocenters. The Morgan fingerprint density at radius 3 is 2.56 bits per heavy atom. The molecule has 1 aliphatic rings. The number of aromatic nitrogens is 1. The Labute approximate surface area is 161 Å². The molecule has 3 aromatic rings. The zero-order valence-corrected chi connectivity index (χ0v) is 16.2. The summed E-state index contributed by atoms with van der Waals surface area (Å²) in [5.41, 5.74) is 4.92. The Bertz CT molecular complexity index is 830. The Hall–Kier alpha value is -2.30. The van der Waals surface area contributed by atoms with Gasteiger partial charge in [-0.2, -0.15) is 0 Å². The smallest absolute Gasteiger partial charge is 0.0613 e. The Morgan fingerprint density at radius 1 is 1.11 bits per heavy atom. The van der Waals surface area contributed by atoms with Gasteiger partial charge in [0.25, 0.3) is 0 Å². The number of ether oxygens (including phenoxy) is 1. The van der Waals surface area contributed by atoms with E-state index < -0.39 is 0 Å². The summed E-state index contributed by atoms with van der Waals surface area (Å²) in [6.45, 7) is 5.17. The Balaban J connectivity index is 1.38. The van der Waals surface area contributed by atoms with E-state index in [0.29, 0.717) is 12.1 Å². The van der Waals surface area contributed by atoms with Gasteiger partial charge in [-0.3, -0.25) is 0 Å². The van der Waals surface area contributed by atoms with Crippen LogP contribution in [0, 0.1) is 0 Å². The first-order valence-corrected chi connectivity index (χ1v) is 9.91. The van der Waals surface area contributed by atoms with E-state index in [4.69, 9.17) is 4.74 Å². The predicted octanol–water partition coefficient (Wildman–Crippen LogP) is 4.43. The lowest BCUT2D eigenvalue weighted by atomic mass is 10.0. The number of piperidine rings is 1. The molecule has 1 aromatic heterocycles. The molecule has 2 aromatic carbocycles. The molecule has 27 heavy (non-hydrogen) atoms. The number of hydrogen-bond acceptors (Lipinski definition) is 3. The van der Waals surface area contributed by atoms with Gasteiger partial charge in [0.1, 0.15) is 0 Å². The highest BCUT2D eigenvalue weighted by atomic mass is 16.5. The fourth-order valence-electron chi connectivity index (χ4n) is 4.09. The standard InChI is InChI=1S/C23H29N3O/c1-17(16-27-2)24-20-11-13-26(14-12-20)21-9-7-18(8-10-21)23-15-19-5-3-4-6-22(19)25-23/h3-10,15,17,20,24-25H,11-14,16H2,1-2H3/t17-/m1/s1. The molecule has 142 valence electrons. The van der Waals surface area contributed by atoms with Gasteiger partial charge in [0.15, 0.2) is 0 Å². The minimum atomic E-state index is 0.419. The van der Waals surface area contributed by atoms with Gasteiger partial charge in [0.2, 0.25) is 0 Å². The predicted molar refractivity (Wildman–Crippen MR) is 113 cm³/mol. The van der Waals surface area contributed by atoms with E-state index in [1.54, 1.807) is 7.11 Å². The number of rotatable bonds is 6. The van der Waals surface area contributed by atoms with Crippen molar-refractivity contribution in [3.63, 3.8) is 0 Å². The maximum absolute atomic E-state index is 5.23. The topological polar surface area (TPSA) is 40.3 Å². The van der Waals surface area contributed by atoms with Crippen LogP contribution in [0.15, 0.2) is 54.6 Å². The molecule has 0 spiro atoms. The number of methoxy groups -OCH3 is 1. The third kappa shape index (κ3) is 4.18. The number of fused-ring (bicyclic) bond motifs is 1. The molecule has 4 rings (SSSR count). The second-order valence-corrected chi connectivity index (χ2v) is 7.60. The monoisotopic (exact) mass is 363 g/mol. The van der Waals surface area contributed by atoms with Crippen molar-refractivity contribution in [1.82, 2.24) is 10.3 Å². The zero-order valence-electron chi connectivity index (χ0n) is 16.2. The highest BCUT2D eigenvalue weighted by Gasteiger charge is 2.20. The summed E-state index contributed by atoms with van der Waals surface area (Å²) >= 11 is 0. The summed E-state index contributed by atoms with van der Waals surface area (Å²) in [4.78, 5) is 6.01. The van der Waals surface area contributed by atoms with E-state index in [2.05, 4.69) is 76.7 Å². The minimum Gasteiger partial charge on any atom is -0.383 e. The molecule has 0 radical (unpaired) electrons. The van der Waals surface area contributed by atoms with E-state index in [0.717, 1.165) is 19.7 Å².